The topological polar surface area (TPSA) is 87.8 Å². The fraction of sp³-hybridized carbons (Fsp3) is 0.714. The van der Waals surface area contributed by atoms with Crippen LogP contribution in [0.25, 0.3) is 0 Å². The highest BCUT2D eigenvalue weighted by Crippen LogP contribution is 2.03. The van der Waals surface area contributed by atoms with Crippen LogP contribution in [0, 0.1) is 0 Å². The summed E-state index contributed by atoms with van der Waals surface area (Å²) < 4.78 is 15.5. The standard InChI is InChI=1S/C14H25NO5/c1-4-6-13(16)19-10-12(9-18-8-5-7-15)20-14(17)11(2)3/h12H,2,4-10,15H2,1,3H3. The lowest BCUT2D eigenvalue weighted by molar-refractivity contribution is -0.159. The van der Waals surface area contributed by atoms with E-state index in [0.29, 0.717) is 26.0 Å². The summed E-state index contributed by atoms with van der Waals surface area (Å²) in [6.07, 6.45) is 1.14. The minimum Gasteiger partial charge on any atom is -0.462 e. The van der Waals surface area contributed by atoms with E-state index in [2.05, 4.69) is 6.58 Å². The van der Waals surface area contributed by atoms with Gasteiger partial charge in [-0.2, -0.15) is 0 Å². The highest BCUT2D eigenvalue weighted by atomic mass is 16.6. The molecule has 0 rings (SSSR count). The molecule has 0 saturated heterocycles. The molecule has 0 radical (unpaired) electrons. The van der Waals surface area contributed by atoms with Crippen LogP contribution in [0.3, 0.4) is 0 Å². The van der Waals surface area contributed by atoms with Gasteiger partial charge in [0.25, 0.3) is 0 Å². The molecule has 0 aromatic carbocycles. The van der Waals surface area contributed by atoms with Crippen LogP contribution >= 0.6 is 0 Å². The summed E-state index contributed by atoms with van der Waals surface area (Å²) in [5, 5.41) is 0. The molecule has 0 aliphatic carbocycles. The predicted molar refractivity (Wildman–Crippen MR) is 75.1 cm³/mol. The van der Waals surface area contributed by atoms with Crippen molar-refractivity contribution >= 4 is 11.9 Å². The van der Waals surface area contributed by atoms with Gasteiger partial charge in [0.2, 0.25) is 0 Å². The van der Waals surface area contributed by atoms with E-state index >= 15 is 0 Å². The summed E-state index contributed by atoms with van der Waals surface area (Å²) in [5.74, 6) is -0.838. The van der Waals surface area contributed by atoms with E-state index in [-0.39, 0.29) is 24.8 Å². The minimum atomic E-state index is -0.627. The van der Waals surface area contributed by atoms with Crippen molar-refractivity contribution in [2.45, 2.75) is 39.2 Å². The third kappa shape index (κ3) is 9.52. The van der Waals surface area contributed by atoms with Crippen LogP contribution in [0.4, 0.5) is 0 Å². The van der Waals surface area contributed by atoms with Gasteiger partial charge in [-0.05, 0) is 26.3 Å². The summed E-state index contributed by atoms with van der Waals surface area (Å²) in [4.78, 5) is 22.8. The Morgan fingerprint density at radius 2 is 2.00 bits per heavy atom. The van der Waals surface area contributed by atoms with Gasteiger partial charge < -0.3 is 19.9 Å². The number of rotatable bonds is 11. The first-order valence-corrected chi connectivity index (χ1v) is 6.81. The highest BCUT2D eigenvalue weighted by Gasteiger charge is 2.17. The molecule has 20 heavy (non-hydrogen) atoms. The molecule has 0 saturated carbocycles. The van der Waals surface area contributed by atoms with Gasteiger partial charge in [-0.3, -0.25) is 4.79 Å². The molecule has 2 N–H and O–H groups in total. The van der Waals surface area contributed by atoms with Crippen LogP contribution in [0.5, 0.6) is 0 Å². The summed E-state index contributed by atoms with van der Waals surface area (Å²) in [5.41, 5.74) is 5.64. The van der Waals surface area contributed by atoms with E-state index in [1.165, 1.54) is 0 Å². The third-order valence-electron chi connectivity index (χ3n) is 2.30. The van der Waals surface area contributed by atoms with Crippen molar-refractivity contribution in [1.82, 2.24) is 0 Å². The fourth-order valence-corrected chi connectivity index (χ4v) is 1.23. The molecule has 6 nitrogen and oxygen atoms in total. The van der Waals surface area contributed by atoms with Gasteiger partial charge in [-0.15, -0.1) is 0 Å². The SMILES string of the molecule is C=C(C)C(=O)OC(COCCCN)COC(=O)CCC. The second-order valence-corrected chi connectivity index (χ2v) is 4.46. The van der Waals surface area contributed by atoms with Gasteiger partial charge in [-0.25, -0.2) is 4.79 Å². The number of esters is 2. The second kappa shape index (κ2) is 11.4. The summed E-state index contributed by atoms with van der Waals surface area (Å²) in [6, 6.07) is 0. The Morgan fingerprint density at radius 1 is 1.30 bits per heavy atom. The molecular formula is C14H25NO5. The molecule has 0 aromatic rings. The zero-order valence-corrected chi connectivity index (χ0v) is 12.4. The normalized spacial score (nSPS) is 11.8. The summed E-state index contributed by atoms with van der Waals surface area (Å²) in [7, 11) is 0. The van der Waals surface area contributed by atoms with Crippen LogP contribution in [0.2, 0.25) is 0 Å². The maximum Gasteiger partial charge on any atom is 0.333 e. The maximum absolute atomic E-state index is 11.5. The van der Waals surface area contributed by atoms with E-state index in [9.17, 15) is 9.59 Å². The smallest absolute Gasteiger partial charge is 0.333 e. The van der Waals surface area contributed by atoms with Crippen LogP contribution in [0.15, 0.2) is 12.2 Å². The molecule has 1 atom stereocenters. The molecule has 0 aliphatic heterocycles. The highest BCUT2D eigenvalue weighted by molar-refractivity contribution is 5.87. The van der Waals surface area contributed by atoms with Gasteiger partial charge >= 0.3 is 11.9 Å². The number of carbonyl (C=O) groups is 2. The van der Waals surface area contributed by atoms with Crippen molar-refractivity contribution in [1.29, 1.82) is 0 Å². The lowest BCUT2D eigenvalue weighted by atomic mass is 10.3. The van der Waals surface area contributed by atoms with Crippen molar-refractivity contribution in [2.75, 3.05) is 26.4 Å². The minimum absolute atomic E-state index is 0.0134. The van der Waals surface area contributed by atoms with E-state index in [4.69, 9.17) is 19.9 Å². The van der Waals surface area contributed by atoms with Crippen molar-refractivity contribution in [3.8, 4) is 0 Å². The summed E-state index contributed by atoms with van der Waals surface area (Å²) >= 11 is 0. The van der Waals surface area contributed by atoms with Crippen LogP contribution in [-0.2, 0) is 23.8 Å². The van der Waals surface area contributed by atoms with E-state index in [1.54, 1.807) is 6.92 Å². The molecular weight excluding hydrogens is 262 g/mol. The van der Waals surface area contributed by atoms with Crippen LogP contribution < -0.4 is 5.73 Å². The molecule has 0 fully saturated rings. The molecule has 6 heteroatoms. The van der Waals surface area contributed by atoms with E-state index in [0.717, 1.165) is 6.42 Å². The molecule has 1 unspecified atom stereocenters. The molecule has 0 bridgehead atoms. The van der Waals surface area contributed by atoms with Gasteiger partial charge in [0.15, 0.2) is 6.10 Å². The van der Waals surface area contributed by atoms with E-state index in [1.807, 2.05) is 6.92 Å². The number of nitrogens with two attached hydrogens (primary N) is 1. The number of ether oxygens (including phenoxy) is 3. The Balaban J connectivity index is 4.19. The van der Waals surface area contributed by atoms with Crippen molar-refractivity contribution in [2.24, 2.45) is 5.73 Å². The average Bonchev–Trinajstić information content (AvgIpc) is 2.40. The maximum atomic E-state index is 11.5. The second-order valence-electron chi connectivity index (χ2n) is 4.46. The lowest BCUT2D eigenvalue weighted by Gasteiger charge is -2.18. The van der Waals surface area contributed by atoms with E-state index < -0.39 is 12.1 Å². The number of hydrogen-bond donors (Lipinski definition) is 1. The van der Waals surface area contributed by atoms with Crippen molar-refractivity contribution < 1.29 is 23.8 Å². The zero-order valence-electron chi connectivity index (χ0n) is 12.4. The largest absolute Gasteiger partial charge is 0.462 e. The summed E-state index contributed by atoms with van der Waals surface area (Å²) in [6.45, 7) is 8.09. The molecule has 0 aliphatic rings. The Bertz CT molecular complexity index is 317. The van der Waals surface area contributed by atoms with Gasteiger partial charge in [0, 0.05) is 18.6 Å². The average molecular weight is 287 g/mol. The predicted octanol–water partition coefficient (Wildman–Crippen LogP) is 1.18. The van der Waals surface area contributed by atoms with Gasteiger partial charge in [0.05, 0.1) is 6.61 Å². The first kappa shape index (κ1) is 18.6. The lowest BCUT2D eigenvalue weighted by Crippen LogP contribution is -2.30. The molecule has 116 valence electrons. The fourth-order valence-electron chi connectivity index (χ4n) is 1.23. The van der Waals surface area contributed by atoms with Crippen LogP contribution in [0.1, 0.15) is 33.1 Å². The number of carbonyl (C=O) groups excluding carboxylic acids is 2. The Kier molecular flexibility index (Phi) is 10.6. The van der Waals surface area contributed by atoms with Gasteiger partial charge in [-0.1, -0.05) is 13.5 Å². The Hall–Kier alpha value is -1.40. The molecule has 0 amide bonds. The van der Waals surface area contributed by atoms with Crippen LogP contribution in [-0.4, -0.2) is 44.4 Å². The first-order chi connectivity index (χ1) is 9.51. The molecule has 0 aromatic heterocycles. The van der Waals surface area contributed by atoms with Crippen molar-refractivity contribution in [3.63, 3.8) is 0 Å². The molecule has 0 spiro atoms. The Labute approximate surface area is 120 Å². The number of hydrogen-bond acceptors (Lipinski definition) is 6. The third-order valence-corrected chi connectivity index (χ3v) is 2.30. The zero-order chi connectivity index (χ0) is 15.4. The first-order valence-electron chi connectivity index (χ1n) is 6.81. The quantitative estimate of drug-likeness (QED) is 0.349. The van der Waals surface area contributed by atoms with Crippen molar-refractivity contribution in [3.05, 3.63) is 12.2 Å². The monoisotopic (exact) mass is 287 g/mol. The molecule has 0 heterocycles. The Morgan fingerprint density at radius 3 is 2.55 bits per heavy atom. The van der Waals surface area contributed by atoms with Gasteiger partial charge in [0.1, 0.15) is 6.61 Å².